The first-order valence-electron chi connectivity index (χ1n) is 10.7. The minimum atomic E-state index is 0.0707. The van der Waals surface area contributed by atoms with Crippen LogP contribution in [0.15, 0.2) is 42.5 Å². The maximum absolute atomic E-state index is 12.5. The number of carbonyl (C=O) groups excluding carboxylic acids is 1. The monoisotopic (exact) mass is 403 g/mol. The fourth-order valence-corrected chi connectivity index (χ4v) is 4.63. The number of piperazine rings is 1. The Morgan fingerprint density at radius 3 is 2.47 bits per heavy atom. The van der Waals surface area contributed by atoms with Crippen LogP contribution in [-0.2, 0) is 4.79 Å². The number of anilines is 3. The Bertz CT molecular complexity index is 959. The fraction of sp³-hybridized carbons (Fsp3) is 0.417. The molecule has 2 heterocycles. The molecule has 6 nitrogen and oxygen atoms in total. The molecule has 2 aromatic rings. The summed E-state index contributed by atoms with van der Waals surface area (Å²) in [5.74, 6) is 0.290. The molecule has 6 heteroatoms. The highest BCUT2D eigenvalue weighted by Crippen LogP contribution is 2.44. The first kappa shape index (κ1) is 20.2. The van der Waals surface area contributed by atoms with Gasteiger partial charge in [-0.05, 0) is 49.4 Å². The van der Waals surface area contributed by atoms with Gasteiger partial charge in [0.1, 0.15) is 0 Å². The standard InChI is InChI=1S/C24H29N5O/c1-16-17(2)29(18(3)30)23-9-8-21(28-12-10-26-11-13-28)14-22(23)24(16)27-20-6-4-19(15-25)5-7-20/h4-9,14,16-17,24,26-27H,10-13H2,1-3H3/t16-,17-,24+/m0/s1. The van der Waals surface area contributed by atoms with Crippen molar-refractivity contribution in [2.45, 2.75) is 32.9 Å². The lowest BCUT2D eigenvalue weighted by Crippen LogP contribution is -2.48. The van der Waals surface area contributed by atoms with Gasteiger partial charge in [-0.2, -0.15) is 5.26 Å². The number of nitriles is 1. The van der Waals surface area contributed by atoms with Crippen molar-refractivity contribution in [3.05, 3.63) is 53.6 Å². The molecule has 2 aliphatic heterocycles. The van der Waals surface area contributed by atoms with Gasteiger partial charge in [0.05, 0.1) is 17.7 Å². The van der Waals surface area contributed by atoms with Crippen LogP contribution in [0.25, 0.3) is 0 Å². The summed E-state index contributed by atoms with van der Waals surface area (Å²) < 4.78 is 0. The quantitative estimate of drug-likeness (QED) is 0.821. The van der Waals surface area contributed by atoms with E-state index in [0.717, 1.165) is 43.1 Å². The van der Waals surface area contributed by atoms with Gasteiger partial charge in [-0.15, -0.1) is 0 Å². The van der Waals surface area contributed by atoms with Crippen LogP contribution in [-0.4, -0.2) is 38.1 Å². The maximum Gasteiger partial charge on any atom is 0.224 e. The zero-order chi connectivity index (χ0) is 21.3. The second-order valence-electron chi connectivity index (χ2n) is 8.28. The Hall–Kier alpha value is -3.04. The topological polar surface area (TPSA) is 71.4 Å². The van der Waals surface area contributed by atoms with E-state index in [1.807, 2.05) is 29.2 Å². The molecule has 3 atom stereocenters. The number of amides is 1. The summed E-state index contributed by atoms with van der Waals surface area (Å²) in [6.07, 6.45) is 0. The number of benzene rings is 2. The van der Waals surface area contributed by atoms with E-state index in [1.54, 1.807) is 6.92 Å². The van der Waals surface area contributed by atoms with Crippen LogP contribution in [0, 0.1) is 17.2 Å². The number of hydrogen-bond acceptors (Lipinski definition) is 5. The number of nitrogens with zero attached hydrogens (tertiary/aromatic N) is 3. The molecule has 30 heavy (non-hydrogen) atoms. The SMILES string of the molecule is CC(=O)N1c2ccc(N3CCNCC3)cc2[C@H](Nc2ccc(C#N)cc2)[C@@H](C)[C@@H]1C. The average Bonchev–Trinajstić information content (AvgIpc) is 2.77. The first-order chi connectivity index (χ1) is 14.5. The van der Waals surface area contributed by atoms with Crippen LogP contribution < -0.4 is 20.4 Å². The molecule has 2 aromatic carbocycles. The van der Waals surface area contributed by atoms with E-state index in [-0.39, 0.29) is 23.9 Å². The highest BCUT2D eigenvalue weighted by molar-refractivity contribution is 5.94. The minimum absolute atomic E-state index is 0.0707. The summed E-state index contributed by atoms with van der Waals surface area (Å²) in [7, 11) is 0. The van der Waals surface area contributed by atoms with Crippen LogP contribution in [0.2, 0.25) is 0 Å². The van der Waals surface area contributed by atoms with Crippen molar-refractivity contribution in [3.63, 3.8) is 0 Å². The van der Waals surface area contributed by atoms with E-state index in [0.29, 0.717) is 5.56 Å². The molecule has 2 aliphatic rings. The number of fused-ring (bicyclic) bond motifs is 1. The van der Waals surface area contributed by atoms with E-state index < -0.39 is 0 Å². The summed E-state index contributed by atoms with van der Waals surface area (Å²) >= 11 is 0. The Balaban J connectivity index is 1.74. The molecule has 0 radical (unpaired) electrons. The van der Waals surface area contributed by atoms with Gasteiger partial charge >= 0.3 is 0 Å². The highest BCUT2D eigenvalue weighted by atomic mass is 16.2. The lowest BCUT2D eigenvalue weighted by Gasteiger charge is -2.44. The molecule has 0 aromatic heterocycles. The van der Waals surface area contributed by atoms with Crippen LogP contribution in [0.3, 0.4) is 0 Å². The molecule has 156 valence electrons. The van der Waals surface area contributed by atoms with Gasteiger partial charge < -0.3 is 20.4 Å². The number of hydrogen-bond donors (Lipinski definition) is 2. The van der Waals surface area contributed by atoms with E-state index >= 15 is 0 Å². The predicted molar refractivity (Wildman–Crippen MR) is 121 cm³/mol. The van der Waals surface area contributed by atoms with Gasteiger partial charge in [0.15, 0.2) is 0 Å². The zero-order valence-electron chi connectivity index (χ0n) is 17.9. The van der Waals surface area contributed by atoms with Gasteiger partial charge in [0, 0.05) is 67.7 Å². The molecule has 0 bridgehead atoms. The Morgan fingerprint density at radius 2 is 1.83 bits per heavy atom. The lowest BCUT2D eigenvalue weighted by atomic mass is 9.82. The highest BCUT2D eigenvalue weighted by Gasteiger charge is 2.38. The average molecular weight is 404 g/mol. The third-order valence-electron chi connectivity index (χ3n) is 6.46. The van der Waals surface area contributed by atoms with E-state index in [4.69, 9.17) is 5.26 Å². The van der Waals surface area contributed by atoms with Gasteiger partial charge in [-0.3, -0.25) is 4.79 Å². The molecular weight excluding hydrogens is 374 g/mol. The third kappa shape index (κ3) is 3.73. The second-order valence-corrected chi connectivity index (χ2v) is 8.28. The van der Waals surface area contributed by atoms with Crippen molar-refractivity contribution in [1.82, 2.24) is 5.32 Å². The molecule has 1 saturated heterocycles. The Morgan fingerprint density at radius 1 is 1.13 bits per heavy atom. The van der Waals surface area contributed by atoms with Crippen molar-refractivity contribution in [1.29, 1.82) is 5.26 Å². The third-order valence-corrected chi connectivity index (χ3v) is 6.46. The number of nitrogens with one attached hydrogen (secondary N) is 2. The number of rotatable bonds is 3. The molecule has 1 amide bonds. The van der Waals surface area contributed by atoms with E-state index in [2.05, 4.69) is 53.6 Å². The van der Waals surface area contributed by atoms with Crippen LogP contribution >= 0.6 is 0 Å². The summed E-state index contributed by atoms with van der Waals surface area (Å²) in [6.45, 7) is 9.89. The smallest absolute Gasteiger partial charge is 0.224 e. The van der Waals surface area contributed by atoms with Gasteiger partial charge in [-0.25, -0.2) is 0 Å². The van der Waals surface area contributed by atoms with Crippen LogP contribution in [0.4, 0.5) is 17.1 Å². The van der Waals surface area contributed by atoms with Crippen molar-refractivity contribution < 1.29 is 4.79 Å². The second kappa shape index (κ2) is 8.37. The molecule has 0 spiro atoms. The van der Waals surface area contributed by atoms with Gasteiger partial charge in [0.2, 0.25) is 5.91 Å². The van der Waals surface area contributed by atoms with Crippen LogP contribution in [0.5, 0.6) is 0 Å². The van der Waals surface area contributed by atoms with Gasteiger partial charge in [0.25, 0.3) is 0 Å². The predicted octanol–water partition coefficient (Wildman–Crippen LogP) is 3.51. The fourth-order valence-electron chi connectivity index (χ4n) is 4.63. The molecule has 0 saturated carbocycles. The molecule has 4 rings (SSSR count). The summed E-state index contributed by atoms with van der Waals surface area (Å²) in [5, 5.41) is 16.2. The Kier molecular flexibility index (Phi) is 5.65. The summed E-state index contributed by atoms with van der Waals surface area (Å²) in [6, 6.07) is 16.4. The van der Waals surface area contributed by atoms with Crippen molar-refractivity contribution in [2.24, 2.45) is 5.92 Å². The molecular formula is C24H29N5O. The molecule has 0 unspecified atom stereocenters. The normalized spacial score (nSPS) is 23.5. The van der Waals surface area contributed by atoms with Crippen molar-refractivity contribution in [3.8, 4) is 6.07 Å². The van der Waals surface area contributed by atoms with Crippen molar-refractivity contribution >= 4 is 23.0 Å². The number of carbonyl (C=O) groups is 1. The zero-order valence-corrected chi connectivity index (χ0v) is 17.9. The lowest BCUT2D eigenvalue weighted by molar-refractivity contribution is -0.117. The summed E-state index contributed by atoms with van der Waals surface area (Å²) in [5.41, 5.74) is 4.96. The van der Waals surface area contributed by atoms with Gasteiger partial charge in [-0.1, -0.05) is 6.92 Å². The Labute approximate surface area is 178 Å². The van der Waals surface area contributed by atoms with E-state index in [1.165, 1.54) is 5.69 Å². The van der Waals surface area contributed by atoms with E-state index in [9.17, 15) is 4.79 Å². The molecule has 2 N–H and O–H groups in total. The maximum atomic E-state index is 12.5. The minimum Gasteiger partial charge on any atom is -0.378 e. The first-order valence-corrected chi connectivity index (χ1v) is 10.7. The van der Waals surface area contributed by atoms with Crippen LogP contribution in [0.1, 0.15) is 37.9 Å². The molecule has 0 aliphatic carbocycles. The summed E-state index contributed by atoms with van der Waals surface area (Å²) in [4.78, 5) is 16.8. The molecule has 1 fully saturated rings. The van der Waals surface area contributed by atoms with Crippen molar-refractivity contribution in [2.75, 3.05) is 41.3 Å². The largest absolute Gasteiger partial charge is 0.378 e.